The van der Waals surface area contributed by atoms with Crippen LogP contribution >= 0.6 is 11.3 Å². The van der Waals surface area contributed by atoms with Crippen LogP contribution in [0.1, 0.15) is 0 Å². The van der Waals surface area contributed by atoms with Crippen molar-refractivity contribution >= 4 is 59.1 Å². The molecule has 0 unspecified atom stereocenters. The Balaban J connectivity index is 1.72. The second kappa shape index (κ2) is 5.35. The van der Waals surface area contributed by atoms with Crippen molar-refractivity contribution in [1.82, 2.24) is 0 Å². The molecule has 2 heterocycles. The molecule has 0 spiro atoms. The molecule has 27 heavy (non-hydrogen) atoms. The molecule has 0 amide bonds. The Labute approximate surface area is 159 Å². The van der Waals surface area contributed by atoms with Crippen LogP contribution in [0.5, 0.6) is 0 Å². The fraction of sp³-hybridized carbons (Fsp3) is 0. The summed E-state index contributed by atoms with van der Waals surface area (Å²) in [6, 6.07) is 27.5. The third-order valence-electron chi connectivity index (χ3n) is 5.24. The van der Waals surface area contributed by atoms with Gasteiger partial charge in [-0.1, -0.05) is 48.5 Å². The van der Waals surface area contributed by atoms with Gasteiger partial charge in [0.2, 0.25) is 0 Å². The highest BCUT2D eigenvalue weighted by atomic mass is 32.1. The van der Waals surface area contributed by atoms with Crippen molar-refractivity contribution in [3.63, 3.8) is 0 Å². The third kappa shape index (κ3) is 2.06. The quantitative estimate of drug-likeness (QED) is 0.313. The molecule has 128 valence electrons. The Morgan fingerprint density at radius 2 is 1.48 bits per heavy atom. The predicted molar refractivity (Wildman–Crippen MR) is 116 cm³/mol. The topological polar surface area (TPSA) is 39.2 Å². The summed E-state index contributed by atoms with van der Waals surface area (Å²) in [5, 5.41) is 4.79. The summed E-state index contributed by atoms with van der Waals surface area (Å²) < 4.78 is 8.69. The lowest BCUT2D eigenvalue weighted by Gasteiger charge is -2.06. The Morgan fingerprint density at radius 3 is 2.41 bits per heavy atom. The first kappa shape index (κ1) is 14.8. The van der Waals surface area contributed by atoms with Crippen LogP contribution in [0.4, 0.5) is 5.69 Å². The monoisotopic (exact) mass is 365 g/mol. The number of fused-ring (bicyclic) bond motifs is 6. The highest BCUT2D eigenvalue weighted by Crippen LogP contribution is 2.41. The standard InChI is InChI=1S/C24H15NOS/c25-19-11-10-15(23-17-6-1-3-7-20(17)26-24(19)23)14-9-12-22-18(13-14)16-5-2-4-8-21(16)27-22/h1-13H,25H2. The number of hydrogen-bond acceptors (Lipinski definition) is 3. The van der Waals surface area contributed by atoms with Crippen molar-refractivity contribution < 1.29 is 4.42 Å². The minimum atomic E-state index is 0.673. The Bertz CT molecular complexity index is 1490. The van der Waals surface area contributed by atoms with Crippen molar-refractivity contribution in [3.8, 4) is 11.1 Å². The number of rotatable bonds is 1. The first-order valence-electron chi connectivity index (χ1n) is 8.91. The van der Waals surface area contributed by atoms with E-state index < -0.39 is 0 Å². The van der Waals surface area contributed by atoms with E-state index in [4.69, 9.17) is 10.2 Å². The molecule has 0 fully saturated rings. The van der Waals surface area contributed by atoms with Gasteiger partial charge in [0.25, 0.3) is 0 Å². The van der Waals surface area contributed by atoms with E-state index >= 15 is 0 Å². The van der Waals surface area contributed by atoms with Crippen molar-refractivity contribution in [2.24, 2.45) is 0 Å². The van der Waals surface area contributed by atoms with Gasteiger partial charge in [-0.25, -0.2) is 0 Å². The number of anilines is 1. The lowest BCUT2D eigenvalue weighted by molar-refractivity contribution is 0.670. The lowest BCUT2D eigenvalue weighted by Crippen LogP contribution is -1.87. The van der Waals surface area contributed by atoms with Gasteiger partial charge in [0.15, 0.2) is 5.58 Å². The average molecular weight is 365 g/mol. The normalized spacial score (nSPS) is 11.9. The summed E-state index contributed by atoms with van der Waals surface area (Å²) in [4.78, 5) is 0. The van der Waals surface area contributed by atoms with Crippen LogP contribution in [-0.2, 0) is 0 Å². The minimum absolute atomic E-state index is 0.673. The molecule has 0 saturated heterocycles. The molecule has 0 aliphatic carbocycles. The summed E-state index contributed by atoms with van der Waals surface area (Å²) in [7, 11) is 0. The van der Waals surface area contributed by atoms with Crippen LogP contribution in [0.15, 0.2) is 83.3 Å². The Hall–Kier alpha value is -3.30. The predicted octanol–water partition coefficient (Wildman–Crippen LogP) is 7.20. The molecule has 0 radical (unpaired) electrons. The first-order chi connectivity index (χ1) is 13.3. The third-order valence-corrected chi connectivity index (χ3v) is 6.40. The largest absolute Gasteiger partial charge is 0.454 e. The van der Waals surface area contributed by atoms with Gasteiger partial charge in [-0.3, -0.25) is 0 Å². The Morgan fingerprint density at radius 1 is 0.704 bits per heavy atom. The van der Waals surface area contributed by atoms with Crippen LogP contribution in [0.3, 0.4) is 0 Å². The van der Waals surface area contributed by atoms with Gasteiger partial charge in [0, 0.05) is 30.9 Å². The summed E-state index contributed by atoms with van der Waals surface area (Å²) in [5.74, 6) is 0. The molecular weight excluding hydrogens is 350 g/mol. The smallest absolute Gasteiger partial charge is 0.158 e. The van der Waals surface area contributed by atoms with E-state index in [-0.39, 0.29) is 0 Å². The second-order valence-electron chi connectivity index (χ2n) is 6.81. The number of para-hydroxylation sites is 1. The van der Waals surface area contributed by atoms with Crippen molar-refractivity contribution in [2.75, 3.05) is 5.73 Å². The lowest BCUT2D eigenvalue weighted by atomic mass is 9.97. The van der Waals surface area contributed by atoms with Crippen molar-refractivity contribution in [2.45, 2.75) is 0 Å². The molecule has 2 nitrogen and oxygen atoms in total. The molecule has 0 saturated carbocycles. The molecule has 3 heteroatoms. The number of benzene rings is 4. The first-order valence-corrected chi connectivity index (χ1v) is 9.73. The molecular formula is C24H15NOS. The van der Waals surface area contributed by atoms with Crippen LogP contribution in [0.25, 0.3) is 53.2 Å². The summed E-state index contributed by atoms with van der Waals surface area (Å²) in [5.41, 5.74) is 10.9. The highest BCUT2D eigenvalue weighted by Gasteiger charge is 2.15. The highest BCUT2D eigenvalue weighted by molar-refractivity contribution is 7.25. The minimum Gasteiger partial charge on any atom is -0.454 e. The van der Waals surface area contributed by atoms with E-state index in [2.05, 4.69) is 54.6 Å². The molecule has 2 N–H and O–H groups in total. The van der Waals surface area contributed by atoms with Gasteiger partial charge in [0.05, 0.1) is 5.69 Å². The van der Waals surface area contributed by atoms with Crippen molar-refractivity contribution in [1.29, 1.82) is 0 Å². The number of hydrogen-bond donors (Lipinski definition) is 1. The van der Waals surface area contributed by atoms with Crippen LogP contribution in [0.2, 0.25) is 0 Å². The summed E-state index contributed by atoms with van der Waals surface area (Å²) >= 11 is 1.84. The molecule has 0 atom stereocenters. The van der Waals surface area contributed by atoms with Gasteiger partial charge >= 0.3 is 0 Å². The molecule has 0 aliphatic heterocycles. The number of furan rings is 1. The van der Waals surface area contributed by atoms with E-state index in [0.717, 1.165) is 27.5 Å². The zero-order valence-corrected chi connectivity index (χ0v) is 15.2. The van der Waals surface area contributed by atoms with E-state index in [1.165, 1.54) is 25.7 Å². The van der Waals surface area contributed by atoms with E-state index in [1.54, 1.807) is 0 Å². The number of thiophene rings is 1. The van der Waals surface area contributed by atoms with Crippen LogP contribution in [-0.4, -0.2) is 0 Å². The van der Waals surface area contributed by atoms with Crippen LogP contribution in [0, 0.1) is 0 Å². The van der Waals surface area contributed by atoms with E-state index in [1.807, 2.05) is 35.6 Å². The maximum absolute atomic E-state index is 6.22. The maximum atomic E-state index is 6.22. The maximum Gasteiger partial charge on any atom is 0.158 e. The Kier molecular flexibility index (Phi) is 2.94. The zero-order valence-electron chi connectivity index (χ0n) is 14.4. The molecule has 0 aliphatic rings. The fourth-order valence-electron chi connectivity index (χ4n) is 3.98. The summed E-state index contributed by atoms with van der Waals surface area (Å²) in [6.07, 6.45) is 0. The number of nitrogens with two attached hydrogens (primary N) is 1. The van der Waals surface area contributed by atoms with Gasteiger partial charge in [-0.05, 0) is 41.5 Å². The SMILES string of the molecule is Nc1ccc(-c2ccc3sc4ccccc4c3c2)c2c1oc1ccccc12. The van der Waals surface area contributed by atoms with Gasteiger partial charge in [0.1, 0.15) is 5.58 Å². The molecule has 6 aromatic rings. The van der Waals surface area contributed by atoms with Gasteiger partial charge in [-0.2, -0.15) is 0 Å². The van der Waals surface area contributed by atoms with Gasteiger partial charge in [-0.15, -0.1) is 11.3 Å². The summed E-state index contributed by atoms with van der Waals surface area (Å²) in [6.45, 7) is 0. The second-order valence-corrected chi connectivity index (χ2v) is 7.90. The zero-order chi connectivity index (χ0) is 18.0. The van der Waals surface area contributed by atoms with Crippen molar-refractivity contribution in [3.05, 3.63) is 78.9 Å². The molecule has 4 aromatic carbocycles. The fourth-order valence-corrected chi connectivity index (χ4v) is 5.07. The average Bonchev–Trinajstić information content (AvgIpc) is 3.27. The van der Waals surface area contributed by atoms with E-state index in [9.17, 15) is 0 Å². The van der Waals surface area contributed by atoms with Gasteiger partial charge < -0.3 is 10.2 Å². The number of nitrogen functional groups attached to an aromatic ring is 1. The molecule has 2 aromatic heterocycles. The van der Waals surface area contributed by atoms with E-state index in [0.29, 0.717) is 5.69 Å². The molecule has 6 rings (SSSR count). The molecule has 0 bridgehead atoms. The van der Waals surface area contributed by atoms with Crippen LogP contribution < -0.4 is 5.73 Å².